The second-order valence-electron chi connectivity index (χ2n) is 5.36. The number of aryl methyl sites for hydroxylation is 1. The van der Waals surface area contributed by atoms with E-state index in [9.17, 15) is 9.90 Å². The van der Waals surface area contributed by atoms with Gasteiger partial charge in [0.05, 0.1) is 4.47 Å². The van der Waals surface area contributed by atoms with E-state index in [1.807, 2.05) is 23.1 Å². The van der Waals surface area contributed by atoms with Gasteiger partial charge in [-0.15, -0.1) is 0 Å². The summed E-state index contributed by atoms with van der Waals surface area (Å²) in [6.07, 6.45) is 1.94. The predicted molar refractivity (Wildman–Crippen MR) is 86.8 cm³/mol. The quantitative estimate of drug-likeness (QED) is 0.843. The lowest BCUT2D eigenvalue weighted by Crippen LogP contribution is -2.42. The molecule has 108 valence electrons. The number of nitrogens with zero attached hydrogens (tertiary/aromatic N) is 1. The Balaban J connectivity index is 2.02. The van der Waals surface area contributed by atoms with Crippen molar-refractivity contribution in [1.82, 2.24) is 0 Å². The molecule has 2 aromatic rings. The van der Waals surface area contributed by atoms with Gasteiger partial charge in [0.15, 0.2) is 0 Å². The molecule has 0 fully saturated rings. The fourth-order valence-electron chi connectivity index (χ4n) is 2.78. The van der Waals surface area contributed by atoms with Crippen molar-refractivity contribution in [2.75, 3.05) is 4.90 Å². The van der Waals surface area contributed by atoms with Crippen molar-refractivity contribution >= 4 is 27.5 Å². The monoisotopic (exact) mass is 345 g/mol. The molecule has 2 aromatic carbocycles. The Morgan fingerprint density at radius 2 is 2.05 bits per heavy atom. The van der Waals surface area contributed by atoms with Crippen LogP contribution in [-0.4, -0.2) is 17.1 Å². The molecule has 4 heteroatoms. The first-order valence-electron chi connectivity index (χ1n) is 6.98. The largest absolute Gasteiger partial charge is 0.507 e. The smallest absolute Gasteiger partial charge is 0.258 e. The Kier molecular flexibility index (Phi) is 3.72. The van der Waals surface area contributed by atoms with Crippen LogP contribution in [0.25, 0.3) is 0 Å². The normalized spacial score (nSPS) is 17.4. The summed E-state index contributed by atoms with van der Waals surface area (Å²) in [5, 5.41) is 9.79. The van der Waals surface area contributed by atoms with Crippen molar-refractivity contribution in [3.63, 3.8) is 0 Å². The van der Waals surface area contributed by atoms with E-state index in [-0.39, 0.29) is 17.7 Å². The molecule has 3 nitrogen and oxygen atoms in total. The summed E-state index contributed by atoms with van der Waals surface area (Å²) >= 11 is 3.24. The molecule has 0 bridgehead atoms. The van der Waals surface area contributed by atoms with E-state index in [4.69, 9.17) is 0 Å². The highest BCUT2D eigenvalue weighted by atomic mass is 79.9. The third kappa shape index (κ3) is 2.56. The van der Waals surface area contributed by atoms with Gasteiger partial charge in [-0.25, -0.2) is 0 Å². The van der Waals surface area contributed by atoms with E-state index in [1.54, 1.807) is 12.1 Å². The number of rotatable bonds is 1. The van der Waals surface area contributed by atoms with E-state index < -0.39 is 0 Å². The maximum absolute atomic E-state index is 12.8. The molecule has 0 radical (unpaired) electrons. The molecule has 1 unspecified atom stereocenters. The summed E-state index contributed by atoms with van der Waals surface area (Å²) in [6.45, 7) is 2.06. The third-order valence-corrected chi connectivity index (χ3v) is 4.61. The van der Waals surface area contributed by atoms with Crippen LogP contribution >= 0.6 is 15.9 Å². The van der Waals surface area contributed by atoms with Crippen LogP contribution in [0.15, 0.2) is 46.9 Å². The zero-order valence-electron chi connectivity index (χ0n) is 11.7. The maximum atomic E-state index is 12.8. The molecule has 0 aliphatic carbocycles. The highest BCUT2D eigenvalue weighted by Gasteiger charge is 2.28. The molecule has 1 amide bonds. The lowest BCUT2D eigenvalue weighted by Gasteiger charge is -2.35. The second kappa shape index (κ2) is 5.53. The number of amides is 1. The number of phenolic OH excluding ortho intramolecular Hbond substituents is 1. The van der Waals surface area contributed by atoms with Crippen LogP contribution in [0.1, 0.15) is 29.3 Å². The number of phenols is 1. The summed E-state index contributed by atoms with van der Waals surface area (Å²) < 4.78 is 0.589. The van der Waals surface area contributed by atoms with Gasteiger partial charge in [-0.05, 0) is 65.5 Å². The average Bonchev–Trinajstić information content (AvgIpc) is 2.49. The molecular formula is C17H16BrNO2. The van der Waals surface area contributed by atoms with Crippen molar-refractivity contribution < 1.29 is 9.90 Å². The predicted octanol–water partition coefficient (Wildman–Crippen LogP) is 4.14. The second-order valence-corrected chi connectivity index (χ2v) is 6.21. The van der Waals surface area contributed by atoms with Crippen molar-refractivity contribution in [3.8, 4) is 5.75 Å². The van der Waals surface area contributed by atoms with E-state index in [0.29, 0.717) is 10.0 Å². The highest BCUT2D eigenvalue weighted by Crippen LogP contribution is 2.33. The summed E-state index contributed by atoms with van der Waals surface area (Å²) in [5.74, 6) is 0.0104. The number of aromatic hydroxyl groups is 1. The van der Waals surface area contributed by atoms with Gasteiger partial charge in [-0.1, -0.05) is 18.2 Å². The topological polar surface area (TPSA) is 40.5 Å². The average molecular weight is 346 g/mol. The Morgan fingerprint density at radius 1 is 1.29 bits per heavy atom. The van der Waals surface area contributed by atoms with E-state index >= 15 is 0 Å². The summed E-state index contributed by atoms with van der Waals surface area (Å²) in [4.78, 5) is 14.7. The first-order valence-corrected chi connectivity index (χ1v) is 7.77. The SMILES string of the molecule is CC1CCc2ccccc2N1C(=O)c1ccc(Br)c(O)c1. The standard InChI is InChI=1S/C17H16BrNO2/c1-11-6-7-12-4-2-3-5-15(12)19(11)17(21)13-8-9-14(18)16(20)10-13/h2-5,8-11,20H,6-7H2,1H3. The van der Waals surface area contributed by atoms with E-state index in [1.165, 1.54) is 11.6 Å². The molecule has 1 aliphatic heterocycles. The number of anilines is 1. The van der Waals surface area contributed by atoms with Crippen molar-refractivity contribution in [2.45, 2.75) is 25.8 Å². The minimum absolute atomic E-state index is 0.0718. The number of carbonyl (C=O) groups excluding carboxylic acids is 1. The van der Waals surface area contributed by atoms with Crippen molar-refractivity contribution in [3.05, 3.63) is 58.1 Å². The number of para-hydroxylation sites is 1. The molecule has 0 saturated heterocycles. The molecule has 21 heavy (non-hydrogen) atoms. The Bertz CT molecular complexity index is 699. The molecule has 0 aromatic heterocycles. The zero-order valence-corrected chi connectivity index (χ0v) is 13.3. The number of hydrogen-bond acceptors (Lipinski definition) is 2. The van der Waals surface area contributed by atoms with Gasteiger partial charge in [0.1, 0.15) is 5.75 Å². The molecular weight excluding hydrogens is 330 g/mol. The first-order chi connectivity index (χ1) is 10.1. The summed E-state index contributed by atoms with van der Waals surface area (Å²) in [5.41, 5.74) is 2.67. The molecule has 0 spiro atoms. The van der Waals surface area contributed by atoms with Gasteiger partial charge >= 0.3 is 0 Å². The van der Waals surface area contributed by atoms with Crippen LogP contribution in [0.4, 0.5) is 5.69 Å². The molecule has 1 N–H and O–H groups in total. The Hall–Kier alpha value is -1.81. The van der Waals surface area contributed by atoms with Gasteiger partial charge in [0.25, 0.3) is 5.91 Å². The van der Waals surface area contributed by atoms with Gasteiger partial charge < -0.3 is 10.0 Å². The Labute approximate surface area is 132 Å². The maximum Gasteiger partial charge on any atom is 0.258 e. The van der Waals surface area contributed by atoms with Gasteiger partial charge in [-0.2, -0.15) is 0 Å². The molecule has 1 heterocycles. The lowest BCUT2D eigenvalue weighted by atomic mass is 9.96. The van der Waals surface area contributed by atoms with Gasteiger partial charge in [0.2, 0.25) is 0 Å². The van der Waals surface area contributed by atoms with Gasteiger partial charge in [0, 0.05) is 17.3 Å². The Morgan fingerprint density at radius 3 is 2.81 bits per heavy atom. The molecule has 3 rings (SSSR count). The van der Waals surface area contributed by atoms with Crippen molar-refractivity contribution in [2.24, 2.45) is 0 Å². The summed E-state index contributed by atoms with van der Waals surface area (Å²) in [6, 6.07) is 13.1. The van der Waals surface area contributed by atoms with Crippen LogP contribution in [0.3, 0.4) is 0 Å². The fourth-order valence-corrected chi connectivity index (χ4v) is 3.03. The van der Waals surface area contributed by atoms with Crippen LogP contribution in [0.5, 0.6) is 5.75 Å². The molecule has 1 aliphatic rings. The fraction of sp³-hybridized carbons (Fsp3) is 0.235. The minimum atomic E-state index is -0.0718. The van der Waals surface area contributed by atoms with E-state index in [2.05, 4.69) is 28.9 Å². The van der Waals surface area contributed by atoms with Crippen molar-refractivity contribution in [1.29, 1.82) is 0 Å². The van der Waals surface area contributed by atoms with Crippen LogP contribution in [0.2, 0.25) is 0 Å². The number of carbonyl (C=O) groups is 1. The minimum Gasteiger partial charge on any atom is -0.507 e. The van der Waals surface area contributed by atoms with E-state index in [0.717, 1.165) is 18.5 Å². The lowest BCUT2D eigenvalue weighted by molar-refractivity contribution is 0.0975. The molecule has 0 saturated carbocycles. The number of hydrogen-bond donors (Lipinski definition) is 1. The zero-order chi connectivity index (χ0) is 15.0. The third-order valence-electron chi connectivity index (χ3n) is 3.94. The van der Waals surface area contributed by atoms with Gasteiger partial charge in [-0.3, -0.25) is 4.79 Å². The number of halogens is 1. The first kappa shape index (κ1) is 14.1. The highest BCUT2D eigenvalue weighted by molar-refractivity contribution is 9.10. The molecule has 1 atom stereocenters. The van der Waals surface area contributed by atoms with Crippen LogP contribution < -0.4 is 4.90 Å². The van der Waals surface area contributed by atoms with Crippen LogP contribution in [0, 0.1) is 0 Å². The summed E-state index contributed by atoms with van der Waals surface area (Å²) in [7, 11) is 0. The van der Waals surface area contributed by atoms with Crippen LogP contribution in [-0.2, 0) is 6.42 Å². The number of benzene rings is 2. The number of fused-ring (bicyclic) bond motifs is 1.